The Hall–Kier alpha value is -0.190. The minimum Gasteiger partial charge on any atom is -0.497 e. The van der Waals surface area contributed by atoms with Gasteiger partial charge in [0.05, 0.1) is 12.5 Å². The smallest absolute Gasteiger partial charge is 0.119 e. The average molecular weight is 288 g/mol. The molecule has 0 aliphatic carbocycles. The van der Waals surface area contributed by atoms with Crippen molar-refractivity contribution in [1.82, 2.24) is 5.32 Å². The van der Waals surface area contributed by atoms with Crippen molar-refractivity contribution in [1.29, 1.82) is 0 Å². The van der Waals surface area contributed by atoms with Gasteiger partial charge in [0.2, 0.25) is 0 Å². The molecule has 0 aromatic heterocycles. The van der Waals surface area contributed by atoms with Crippen LogP contribution in [0.1, 0.15) is 17.4 Å². The molecule has 4 heteroatoms. The summed E-state index contributed by atoms with van der Waals surface area (Å²) in [5.74, 6) is 2.14. The van der Waals surface area contributed by atoms with Crippen molar-refractivity contribution in [2.75, 3.05) is 19.4 Å². The highest BCUT2D eigenvalue weighted by atomic mass is 79.9. The van der Waals surface area contributed by atoms with Gasteiger partial charge < -0.3 is 10.1 Å². The molecule has 1 atom stereocenters. The number of hydrogen-bond donors (Lipinski definition) is 1. The van der Waals surface area contributed by atoms with Crippen LogP contribution in [0.4, 0.5) is 0 Å². The maximum atomic E-state index is 5.24. The molecule has 2 nitrogen and oxygen atoms in total. The summed E-state index contributed by atoms with van der Waals surface area (Å²) in [7, 11) is 1.70. The third-order valence-electron chi connectivity index (χ3n) is 2.42. The van der Waals surface area contributed by atoms with Crippen molar-refractivity contribution in [3.05, 3.63) is 28.2 Å². The molecule has 1 unspecified atom stereocenters. The lowest BCUT2D eigenvalue weighted by atomic mass is 10.2. The first-order valence-corrected chi connectivity index (χ1v) is 6.84. The summed E-state index contributed by atoms with van der Waals surface area (Å²) in [6, 6.07) is 6.12. The standard InChI is InChI=1S/C11H14BrNOS/c1-14-8-3-4-10(12)9(7-8)11-13-5-2-6-15-11/h3-4,7,11,13H,2,5-6H2,1H3. The quantitative estimate of drug-likeness (QED) is 0.903. The third kappa shape index (κ3) is 2.68. The van der Waals surface area contributed by atoms with Gasteiger partial charge in [0.1, 0.15) is 5.75 Å². The predicted molar refractivity (Wildman–Crippen MR) is 68.5 cm³/mol. The first-order chi connectivity index (χ1) is 7.31. The van der Waals surface area contributed by atoms with E-state index in [1.165, 1.54) is 17.7 Å². The number of benzene rings is 1. The fourth-order valence-electron chi connectivity index (χ4n) is 1.61. The zero-order valence-corrected chi connectivity index (χ0v) is 11.0. The Balaban J connectivity index is 2.24. The largest absolute Gasteiger partial charge is 0.497 e. The number of halogens is 1. The Morgan fingerprint density at radius 1 is 1.53 bits per heavy atom. The van der Waals surface area contributed by atoms with Crippen LogP contribution >= 0.6 is 27.7 Å². The minimum absolute atomic E-state index is 0.392. The normalized spacial score (nSPS) is 21.3. The molecule has 0 radical (unpaired) electrons. The molecular weight excluding hydrogens is 274 g/mol. The summed E-state index contributed by atoms with van der Waals surface area (Å²) >= 11 is 5.54. The number of methoxy groups -OCH3 is 1. The molecule has 1 N–H and O–H groups in total. The van der Waals surface area contributed by atoms with Crippen LogP contribution in [0.3, 0.4) is 0 Å². The highest BCUT2D eigenvalue weighted by Crippen LogP contribution is 2.35. The monoisotopic (exact) mass is 287 g/mol. The maximum Gasteiger partial charge on any atom is 0.119 e. The Morgan fingerprint density at radius 2 is 2.40 bits per heavy atom. The first-order valence-electron chi connectivity index (χ1n) is 4.99. The molecule has 82 valence electrons. The van der Waals surface area contributed by atoms with E-state index in [4.69, 9.17) is 4.74 Å². The van der Waals surface area contributed by atoms with Crippen LogP contribution < -0.4 is 10.1 Å². The van der Waals surface area contributed by atoms with Gasteiger partial charge in [-0.3, -0.25) is 0 Å². The van der Waals surface area contributed by atoms with Crippen molar-refractivity contribution in [2.45, 2.75) is 11.8 Å². The number of rotatable bonds is 2. The van der Waals surface area contributed by atoms with Gasteiger partial charge in [-0.25, -0.2) is 0 Å². The molecule has 1 fully saturated rings. The van der Waals surface area contributed by atoms with E-state index in [1.807, 2.05) is 23.9 Å². The van der Waals surface area contributed by atoms with Crippen molar-refractivity contribution in [3.63, 3.8) is 0 Å². The molecule has 0 bridgehead atoms. The van der Waals surface area contributed by atoms with Gasteiger partial charge in [-0.2, -0.15) is 0 Å². The number of nitrogens with one attached hydrogen (secondary N) is 1. The zero-order chi connectivity index (χ0) is 10.7. The van der Waals surface area contributed by atoms with E-state index in [9.17, 15) is 0 Å². The number of thioether (sulfide) groups is 1. The van der Waals surface area contributed by atoms with Crippen LogP contribution in [-0.4, -0.2) is 19.4 Å². The fraction of sp³-hybridized carbons (Fsp3) is 0.455. The van der Waals surface area contributed by atoms with Crippen LogP contribution in [0, 0.1) is 0 Å². The predicted octanol–water partition coefficient (Wildman–Crippen LogP) is 3.18. The van der Waals surface area contributed by atoms with Gasteiger partial charge in [0, 0.05) is 4.47 Å². The summed E-state index contributed by atoms with van der Waals surface area (Å²) < 4.78 is 6.39. The zero-order valence-electron chi connectivity index (χ0n) is 8.63. The van der Waals surface area contributed by atoms with E-state index in [0.717, 1.165) is 16.8 Å². The highest BCUT2D eigenvalue weighted by Gasteiger charge is 2.18. The van der Waals surface area contributed by atoms with Crippen molar-refractivity contribution < 1.29 is 4.74 Å². The summed E-state index contributed by atoms with van der Waals surface area (Å²) in [5.41, 5.74) is 1.28. The molecule has 1 aromatic rings. The van der Waals surface area contributed by atoms with Crippen LogP contribution in [0.5, 0.6) is 5.75 Å². The minimum atomic E-state index is 0.392. The van der Waals surface area contributed by atoms with E-state index in [1.54, 1.807) is 7.11 Å². The van der Waals surface area contributed by atoms with Gasteiger partial charge in [0.25, 0.3) is 0 Å². The fourth-order valence-corrected chi connectivity index (χ4v) is 3.40. The molecule has 15 heavy (non-hydrogen) atoms. The van der Waals surface area contributed by atoms with E-state index in [2.05, 4.69) is 27.3 Å². The van der Waals surface area contributed by atoms with Gasteiger partial charge in [0.15, 0.2) is 0 Å². The third-order valence-corrected chi connectivity index (χ3v) is 4.42. The molecule has 1 aromatic carbocycles. The van der Waals surface area contributed by atoms with Crippen LogP contribution in [0.15, 0.2) is 22.7 Å². The summed E-state index contributed by atoms with van der Waals surface area (Å²) in [6.07, 6.45) is 1.25. The molecule has 0 amide bonds. The SMILES string of the molecule is COc1ccc(Br)c(C2NCCCS2)c1. The molecule has 2 rings (SSSR count). The van der Waals surface area contributed by atoms with Crippen LogP contribution in [0.25, 0.3) is 0 Å². The van der Waals surface area contributed by atoms with Crippen LogP contribution in [-0.2, 0) is 0 Å². The molecule has 1 saturated heterocycles. The highest BCUT2D eigenvalue weighted by molar-refractivity contribution is 9.10. The van der Waals surface area contributed by atoms with Gasteiger partial charge in [-0.1, -0.05) is 15.9 Å². The van der Waals surface area contributed by atoms with E-state index in [-0.39, 0.29) is 0 Å². The topological polar surface area (TPSA) is 21.3 Å². The Bertz CT molecular complexity index is 339. The summed E-state index contributed by atoms with van der Waals surface area (Å²) in [4.78, 5) is 0. The van der Waals surface area contributed by atoms with Crippen LogP contribution in [0.2, 0.25) is 0 Å². The molecule has 1 aliphatic heterocycles. The summed E-state index contributed by atoms with van der Waals surface area (Å²) in [6.45, 7) is 1.10. The average Bonchev–Trinajstić information content (AvgIpc) is 2.31. The van der Waals surface area contributed by atoms with Gasteiger partial charge in [-0.05, 0) is 42.5 Å². The second-order valence-corrected chi connectivity index (χ2v) is 5.51. The van der Waals surface area contributed by atoms with Crippen molar-refractivity contribution >= 4 is 27.7 Å². The Labute approximate surface area is 103 Å². The lowest BCUT2D eigenvalue weighted by Crippen LogP contribution is -2.25. The second-order valence-electron chi connectivity index (χ2n) is 3.45. The number of ether oxygens (including phenoxy) is 1. The lowest BCUT2D eigenvalue weighted by molar-refractivity contribution is 0.414. The Kier molecular flexibility index (Phi) is 3.94. The number of hydrogen-bond acceptors (Lipinski definition) is 3. The van der Waals surface area contributed by atoms with Crippen molar-refractivity contribution in [3.8, 4) is 5.75 Å². The van der Waals surface area contributed by atoms with E-state index < -0.39 is 0 Å². The first kappa shape index (κ1) is 11.3. The molecule has 1 aliphatic rings. The summed E-state index contributed by atoms with van der Waals surface area (Å²) in [5, 5.41) is 3.90. The molecule has 1 heterocycles. The van der Waals surface area contributed by atoms with E-state index in [0.29, 0.717) is 5.37 Å². The van der Waals surface area contributed by atoms with Gasteiger partial charge >= 0.3 is 0 Å². The second kappa shape index (κ2) is 5.23. The maximum absolute atomic E-state index is 5.24. The van der Waals surface area contributed by atoms with Gasteiger partial charge in [-0.15, -0.1) is 11.8 Å². The molecule has 0 saturated carbocycles. The lowest BCUT2D eigenvalue weighted by Gasteiger charge is -2.24. The van der Waals surface area contributed by atoms with E-state index >= 15 is 0 Å². The molecular formula is C11H14BrNOS. The van der Waals surface area contributed by atoms with Crippen molar-refractivity contribution in [2.24, 2.45) is 0 Å². The molecule has 0 spiro atoms. The Morgan fingerprint density at radius 3 is 3.07 bits per heavy atom.